The number of piperidine rings is 1. The number of hydrogen-bond acceptors (Lipinski definition) is 5. The van der Waals surface area contributed by atoms with Crippen molar-refractivity contribution in [2.45, 2.75) is 25.3 Å². The lowest BCUT2D eigenvalue weighted by Crippen LogP contribution is -2.36. The molecule has 0 aliphatic carbocycles. The average molecular weight is 401 g/mol. The van der Waals surface area contributed by atoms with Gasteiger partial charge in [-0.2, -0.15) is 10.4 Å². The van der Waals surface area contributed by atoms with Crippen molar-refractivity contribution in [1.82, 2.24) is 15.1 Å². The largest absolute Gasteiger partial charge is 0.457 e. The molecule has 1 atom stereocenters. The normalized spacial score (nSPS) is 18.8. The molecular formula is C24H25N5O. The van der Waals surface area contributed by atoms with Crippen molar-refractivity contribution in [3.63, 3.8) is 0 Å². The summed E-state index contributed by atoms with van der Waals surface area (Å²) in [6, 6.07) is 20.3. The number of anilines is 1. The number of fused-ring (bicyclic) bond motifs is 1. The van der Waals surface area contributed by atoms with E-state index in [1.54, 1.807) is 0 Å². The van der Waals surface area contributed by atoms with E-state index in [0.29, 0.717) is 17.5 Å². The molecule has 0 saturated carbocycles. The Morgan fingerprint density at radius 2 is 1.70 bits per heavy atom. The lowest BCUT2D eigenvalue weighted by atomic mass is 9.87. The van der Waals surface area contributed by atoms with Crippen LogP contribution in [0.5, 0.6) is 11.5 Å². The minimum atomic E-state index is 0.352. The third kappa shape index (κ3) is 3.53. The predicted octanol–water partition coefficient (Wildman–Crippen LogP) is 4.57. The van der Waals surface area contributed by atoms with E-state index >= 15 is 0 Å². The summed E-state index contributed by atoms with van der Waals surface area (Å²) in [5.41, 5.74) is 2.30. The van der Waals surface area contributed by atoms with Crippen LogP contribution in [0.1, 0.15) is 30.9 Å². The molecule has 3 aromatic rings. The molecule has 152 valence electrons. The number of hydrogen-bond donors (Lipinski definition) is 2. The second-order valence-electron chi connectivity index (χ2n) is 7.94. The zero-order valence-electron chi connectivity index (χ0n) is 16.8. The van der Waals surface area contributed by atoms with E-state index < -0.39 is 0 Å². The molecule has 1 saturated heterocycles. The highest BCUT2D eigenvalue weighted by Gasteiger charge is 2.32. The second-order valence-corrected chi connectivity index (χ2v) is 7.94. The van der Waals surface area contributed by atoms with Crippen LogP contribution in [0.4, 0.5) is 5.82 Å². The van der Waals surface area contributed by atoms with Gasteiger partial charge in [0.05, 0.1) is 6.04 Å². The summed E-state index contributed by atoms with van der Waals surface area (Å²) in [6.45, 7) is 3.01. The Morgan fingerprint density at radius 3 is 2.43 bits per heavy atom. The Labute approximate surface area is 176 Å². The summed E-state index contributed by atoms with van der Waals surface area (Å²) >= 11 is 0. The summed E-state index contributed by atoms with van der Waals surface area (Å²) < 4.78 is 7.98. The zero-order chi connectivity index (χ0) is 20.3. The van der Waals surface area contributed by atoms with Gasteiger partial charge in [-0.15, -0.1) is 0 Å². The highest BCUT2D eigenvalue weighted by molar-refractivity contribution is 5.74. The van der Waals surface area contributed by atoms with E-state index in [1.165, 1.54) is 0 Å². The number of rotatable bonds is 4. The van der Waals surface area contributed by atoms with E-state index in [-0.39, 0.29) is 0 Å². The first-order valence-electron chi connectivity index (χ1n) is 10.6. The van der Waals surface area contributed by atoms with Gasteiger partial charge in [-0.3, -0.25) is 0 Å². The molecule has 0 radical (unpaired) electrons. The molecule has 5 rings (SSSR count). The van der Waals surface area contributed by atoms with Crippen LogP contribution in [0.25, 0.3) is 11.3 Å². The van der Waals surface area contributed by atoms with Gasteiger partial charge in [0.2, 0.25) is 0 Å². The van der Waals surface area contributed by atoms with Gasteiger partial charge in [0.1, 0.15) is 34.6 Å². The van der Waals surface area contributed by atoms with E-state index in [2.05, 4.69) is 21.4 Å². The number of para-hydroxylation sites is 1. The minimum absolute atomic E-state index is 0.352. The van der Waals surface area contributed by atoms with Crippen LogP contribution in [0.2, 0.25) is 0 Å². The smallest absolute Gasteiger partial charge is 0.143 e. The van der Waals surface area contributed by atoms with Gasteiger partial charge in [-0.05, 0) is 74.7 Å². The Kier molecular flexibility index (Phi) is 5.12. The van der Waals surface area contributed by atoms with Gasteiger partial charge in [-0.25, -0.2) is 4.68 Å². The summed E-state index contributed by atoms with van der Waals surface area (Å²) in [5.74, 6) is 3.03. The van der Waals surface area contributed by atoms with Gasteiger partial charge < -0.3 is 15.4 Å². The van der Waals surface area contributed by atoms with Crippen LogP contribution in [-0.4, -0.2) is 29.4 Å². The van der Waals surface area contributed by atoms with Crippen molar-refractivity contribution in [1.29, 1.82) is 5.26 Å². The Bertz CT molecular complexity index is 1050. The molecule has 0 spiro atoms. The summed E-state index contributed by atoms with van der Waals surface area (Å²) in [6.07, 6.45) is 3.37. The monoisotopic (exact) mass is 401 g/mol. The fraction of sp³-hybridized carbons (Fsp3) is 0.333. The van der Waals surface area contributed by atoms with Crippen LogP contribution >= 0.6 is 0 Å². The molecule has 0 bridgehead atoms. The average Bonchev–Trinajstić information content (AvgIpc) is 3.19. The third-order valence-corrected chi connectivity index (χ3v) is 6.10. The van der Waals surface area contributed by atoms with Gasteiger partial charge >= 0.3 is 0 Å². The van der Waals surface area contributed by atoms with Gasteiger partial charge in [0.15, 0.2) is 0 Å². The predicted molar refractivity (Wildman–Crippen MR) is 117 cm³/mol. The molecule has 1 fully saturated rings. The maximum absolute atomic E-state index is 9.89. The maximum Gasteiger partial charge on any atom is 0.143 e. The molecule has 3 heterocycles. The molecular weight excluding hydrogens is 376 g/mol. The summed E-state index contributed by atoms with van der Waals surface area (Å²) in [5, 5.41) is 21.7. The number of nitrogens with zero attached hydrogens (tertiary/aromatic N) is 3. The third-order valence-electron chi connectivity index (χ3n) is 6.10. The van der Waals surface area contributed by atoms with E-state index in [0.717, 1.165) is 67.5 Å². The minimum Gasteiger partial charge on any atom is -0.457 e. The van der Waals surface area contributed by atoms with Crippen molar-refractivity contribution >= 4 is 5.82 Å². The number of nitrogens with one attached hydrogen (secondary N) is 2. The molecule has 0 unspecified atom stereocenters. The molecule has 2 aliphatic rings. The van der Waals surface area contributed by atoms with Gasteiger partial charge in [0.25, 0.3) is 0 Å². The first-order chi connectivity index (χ1) is 14.8. The number of nitriles is 1. The fourth-order valence-electron chi connectivity index (χ4n) is 4.58. The van der Waals surface area contributed by atoms with Crippen LogP contribution in [-0.2, 0) is 0 Å². The zero-order valence-corrected chi connectivity index (χ0v) is 16.8. The first-order valence-corrected chi connectivity index (χ1v) is 10.6. The molecule has 6 heteroatoms. The van der Waals surface area contributed by atoms with E-state index in [4.69, 9.17) is 9.84 Å². The van der Waals surface area contributed by atoms with Crippen LogP contribution in [0.3, 0.4) is 0 Å². The quantitative estimate of drug-likeness (QED) is 0.670. The molecule has 2 aliphatic heterocycles. The molecule has 6 nitrogen and oxygen atoms in total. The number of aromatic nitrogens is 2. The van der Waals surface area contributed by atoms with Crippen LogP contribution < -0.4 is 15.4 Å². The van der Waals surface area contributed by atoms with Crippen LogP contribution in [0, 0.1) is 17.2 Å². The molecule has 1 aromatic heterocycles. The maximum atomic E-state index is 9.89. The number of benzene rings is 2. The van der Waals surface area contributed by atoms with Crippen molar-refractivity contribution in [3.05, 3.63) is 60.2 Å². The Morgan fingerprint density at radius 1 is 0.967 bits per heavy atom. The van der Waals surface area contributed by atoms with E-state index in [1.807, 2.05) is 54.6 Å². The van der Waals surface area contributed by atoms with Crippen molar-refractivity contribution in [3.8, 4) is 28.8 Å². The van der Waals surface area contributed by atoms with Gasteiger partial charge in [0, 0.05) is 12.1 Å². The van der Waals surface area contributed by atoms with Crippen LogP contribution in [0.15, 0.2) is 54.6 Å². The van der Waals surface area contributed by atoms with Gasteiger partial charge in [-0.1, -0.05) is 18.2 Å². The highest BCUT2D eigenvalue weighted by atomic mass is 16.5. The lowest BCUT2D eigenvalue weighted by molar-refractivity contribution is 0.231. The first kappa shape index (κ1) is 18.7. The topological polar surface area (TPSA) is 74.9 Å². The molecule has 2 N–H and O–H groups in total. The second kappa shape index (κ2) is 8.21. The molecule has 2 aromatic carbocycles. The van der Waals surface area contributed by atoms with E-state index in [9.17, 15) is 5.26 Å². The van der Waals surface area contributed by atoms with Crippen molar-refractivity contribution < 1.29 is 4.74 Å². The lowest BCUT2D eigenvalue weighted by Gasteiger charge is -2.34. The van der Waals surface area contributed by atoms with Crippen molar-refractivity contribution in [2.75, 3.05) is 25.0 Å². The Balaban J connectivity index is 1.45. The fourth-order valence-corrected chi connectivity index (χ4v) is 4.58. The van der Waals surface area contributed by atoms with Crippen molar-refractivity contribution in [2.24, 2.45) is 5.92 Å². The standard InChI is InChI=1S/C24H25N5O/c25-16-21-23(18-6-8-20(9-7-18)30-19-4-2-1-3-5-19)28-29-22(12-15-27-24(21)29)17-10-13-26-14-11-17/h1-9,17,22,26-27H,10-15H2/t22-/m0/s1/i23+2. The highest BCUT2D eigenvalue weighted by Crippen LogP contribution is 2.39. The SMILES string of the molecule is N#Cc1c2n(n[14c]1-c1ccc(Oc3ccccc3)cc1)[C@H](C1CCNCC1)CCN2. The Hall–Kier alpha value is -3.30. The molecule has 0 amide bonds. The summed E-state index contributed by atoms with van der Waals surface area (Å²) in [4.78, 5) is 0. The number of ether oxygens (including phenoxy) is 1. The summed E-state index contributed by atoms with van der Waals surface area (Å²) in [7, 11) is 0. The molecule has 30 heavy (non-hydrogen) atoms.